The summed E-state index contributed by atoms with van der Waals surface area (Å²) >= 11 is 0. The maximum absolute atomic E-state index is 11.5. The van der Waals surface area contributed by atoms with Gasteiger partial charge in [-0.2, -0.15) is 0 Å². The second-order valence-corrected chi connectivity index (χ2v) is 6.22. The van der Waals surface area contributed by atoms with Crippen LogP contribution in [0.5, 0.6) is 5.75 Å². The van der Waals surface area contributed by atoms with Crippen molar-refractivity contribution in [2.75, 3.05) is 25.9 Å². The highest BCUT2D eigenvalue weighted by molar-refractivity contribution is 7.88. The third-order valence-corrected chi connectivity index (χ3v) is 4.01. The van der Waals surface area contributed by atoms with E-state index in [1.807, 2.05) is 6.07 Å². The van der Waals surface area contributed by atoms with Crippen molar-refractivity contribution in [1.82, 2.24) is 9.62 Å². The first-order valence-corrected chi connectivity index (χ1v) is 8.24. The van der Waals surface area contributed by atoms with E-state index in [0.717, 1.165) is 0 Å². The van der Waals surface area contributed by atoms with Gasteiger partial charge in [-0.25, -0.2) is 17.5 Å². The molecule has 0 aliphatic rings. The Balaban J connectivity index is 2.26. The molecule has 0 heterocycles. The second kappa shape index (κ2) is 7.86. The fourth-order valence-corrected chi connectivity index (χ4v) is 2.57. The Morgan fingerprint density at radius 2 is 1.95 bits per heavy atom. The number of amides is 1. The van der Waals surface area contributed by atoms with Gasteiger partial charge in [0.1, 0.15) is 5.75 Å². The molecule has 0 bridgehead atoms. The van der Waals surface area contributed by atoms with E-state index >= 15 is 0 Å². The molecule has 0 atom stereocenters. The monoisotopic (exact) mass is 300 g/mol. The third kappa shape index (κ3) is 6.03. The van der Waals surface area contributed by atoms with E-state index in [4.69, 9.17) is 4.74 Å². The number of para-hydroxylation sites is 1. The van der Waals surface area contributed by atoms with Gasteiger partial charge in [0.05, 0.1) is 6.26 Å². The molecule has 1 aromatic carbocycles. The number of hydrogen-bond acceptors (Lipinski definition) is 4. The van der Waals surface area contributed by atoms with Crippen LogP contribution >= 0.6 is 0 Å². The van der Waals surface area contributed by atoms with Crippen molar-refractivity contribution in [3.8, 4) is 5.75 Å². The summed E-state index contributed by atoms with van der Waals surface area (Å²) < 4.78 is 29.1. The SMILES string of the molecule is CCN(CCCNC(=O)Oc1ccccc1)S(C)(=O)=O. The highest BCUT2D eigenvalue weighted by atomic mass is 32.2. The Bertz CT molecular complexity index is 516. The quantitative estimate of drug-likeness (QED) is 0.773. The minimum Gasteiger partial charge on any atom is -0.410 e. The van der Waals surface area contributed by atoms with Crippen LogP contribution in [0.4, 0.5) is 4.79 Å². The lowest BCUT2D eigenvalue weighted by Gasteiger charge is -2.17. The van der Waals surface area contributed by atoms with Gasteiger partial charge in [-0.15, -0.1) is 0 Å². The van der Waals surface area contributed by atoms with Gasteiger partial charge in [0.25, 0.3) is 0 Å². The van der Waals surface area contributed by atoms with Gasteiger partial charge in [-0.05, 0) is 18.6 Å². The first-order valence-electron chi connectivity index (χ1n) is 6.39. The molecule has 20 heavy (non-hydrogen) atoms. The molecule has 0 unspecified atom stereocenters. The minimum absolute atomic E-state index is 0.359. The van der Waals surface area contributed by atoms with E-state index in [1.54, 1.807) is 31.2 Å². The van der Waals surface area contributed by atoms with Crippen molar-refractivity contribution in [3.63, 3.8) is 0 Å². The molecule has 7 heteroatoms. The first kappa shape index (κ1) is 16.5. The summed E-state index contributed by atoms with van der Waals surface area (Å²) in [5.74, 6) is 0.469. The van der Waals surface area contributed by atoms with Gasteiger partial charge in [0.2, 0.25) is 10.0 Å². The van der Waals surface area contributed by atoms with Crippen molar-refractivity contribution in [1.29, 1.82) is 0 Å². The number of nitrogens with zero attached hydrogens (tertiary/aromatic N) is 1. The van der Waals surface area contributed by atoms with Crippen LogP contribution in [-0.2, 0) is 10.0 Å². The lowest BCUT2D eigenvalue weighted by molar-refractivity contribution is 0.200. The predicted octanol–water partition coefficient (Wildman–Crippen LogP) is 1.45. The molecule has 0 spiro atoms. The van der Waals surface area contributed by atoms with Gasteiger partial charge in [-0.1, -0.05) is 25.1 Å². The molecule has 0 radical (unpaired) electrons. The largest absolute Gasteiger partial charge is 0.412 e. The number of sulfonamides is 1. The molecule has 1 rings (SSSR count). The van der Waals surface area contributed by atoms with Crippen LogP contribution in [-0.4, -0.2) is 44.7 Å². The topological polar surface area (TPSA) is 75.7 Å². The van der Waals surface area contributed by atoms with Crippen molar-refractivity contribution in [2.45, 2.75) is 13.3 Å². The highest BCUT2D eigenvalue weighted by Crippen LogP contribution is 2.08. The van der Waals surface area contributed by atoms with E-state index in [2.05, 4.69) is 5.32 Å². The van der Waals surface area contributed by atoms with Crippen molar-refractivity contribution in [3.05, 3.63) is 30.3 Å². The van der Waals surface area contributed by atoms with E-state index in [-0.39, 0.29) is 0 Å². The first-order chi connectivity index (χ1) is 9.43. The molecule has 1 amide bonds. The normalized spacial score (nSPS) is 11.3. The lowest BCUT2D eigenvalue weighted by atomic mass is 10.3. The predicted molar refractivity (Wildman–Crippen MR) is 77.2 cm³/mol. The van der Waals surface area contributed by atoms with Gasteiger partial charge in [-0.3, -0.25) is 0 Å². The van der Waals surface area contributed by atoms with Crippen molar-refractivity contribution >= 4 is 16.1 Å². The molecule has 0 aliphatic heterocycles. The summed E-state index contributed by atoms with van der Waals surface area (Å²) in [5.41, 5.74) is 0. The minimum atomic E-state index is -3.17. The van der Waals surface area contributed by atoms with Crippen molar-refractivity contribution < 1.29 is 17.9 Å². The number of hydrogen-bond donors (Lipinski definition) is 1. The van der Waals surface area contributed by atoms with Crippen LogP contribution in [0.1, 0.15) is 13.3 Å². The highest BCUT2D eigenvalue weighted by Gasteiger charge is 2.13. The Morgan fingerprint density at radius 3 is 2.50 bits per heavy atom. The summed E-state index contributed by atoms with van der Waals surface area (Å²) in [6.07, 6.45) is 1.16. The summed E-state index contributed by atoms with van der Waals surface area (Å²) in [5, 5.41) is 2.58. The molecule has 0 saturated carbocycles. The van der Waals surface area contributed by atoms with Gasteiger partial charge in [0, 0.05) is 19.6 Å². The maximum Gasteiger partial charge on any atom is 0.412 e. The number of benzene rings is 1. The van der Waals surface area contributed by atoms with Crippen LogP contribution in [0.25, 0.3) is 0 Å². The fourth-order valence-electron chi connectivity index (χ4n) is 1.64. The zero-order valence-electron chi connectivity index (χ0n) is 11.7. The Morgan fingerprint density at radius 1 is 1.30 bits per heavy atom. The van der Waals surface area contributed by atoms with E-state index in [1.165, 1.54) is 10.6 Å². The smallest absolute Gasteiger partial charge is 0.410 e. The lowest BCUT2D eigenvalue weighted by Crippen LogP contribution is -2.34. The zero-order valence-corrected chi connectivity index (χ0v) is 12.5. The van der Waals surface area contributed by atoms with Crippen molar-refractivity contribution in [2.24, 2.45) is 0 Å². The molecule has 0 aromatic heterocycles. The number of rotatable bonds is 7. The average molecular weight is 300 g/mol. The third-order valence-electron chi connectivity index (χ3n) is 2.63. The summed E-state index contributed by atoms with van der Waals surface area (Å²) in [4.78, 5) is 11.5. The molecule has 6 nitrogen and oxygen atoms in total. The van der Waals surface area contributed by atoms with Gasteiger partial charge in [0.15, 0.2) is 0 Å². The zero-order chi connectivity index (χ0) is 15.0. The molecular weight excluding hydrogens is 280 g/mol. The Kier molecular flexibility index (Phi) is 6.47. The summed E-state index contributed by atoms with van der Waals surface area (Å²) in [6, 6.07) is 8.74. The van der Waals surface area contributed by atoms with E-state index in [9.17, 15) is 13.2 Å². The summed E-state index contributed by atoms with van der Waals surface area (Å²) in [7, 11) is -3.17. The number of ether oxygens (including phenoxy) is 1. The summed E-state index contributed by atoms with van der Waals surface area (Å²) in [6.45, 7) is 2.93. The molecule has 1 N–H and O–H groups in total. The Hall–Kier alpha value is -1.60. The van der Waals surface area contributed by atoms with E-state index < -0.39 is 16.1 Å². The van der Waals surface area contributed by atoms with Crippen LogP contribution in [0, 0.1) is 0 Å². The molecule has 0 saturated heterocycles. The van der Waals surface area contributed by atoms with Gasteiger partial charge >= 0.3 is 6.09 Å². The van der Waals surface area contributed by atoms with Gasteiger partial charge < -0.3 is 10.1 Å². The second-order valence-electron chi connectivity index (χ2n) is 4.24. The van der Waals surface area contributed by atoms with Crippen LogP contribution in [0.3, 0.4) is 0 Å². The fraction of sp³-hybridized carbons (Fsp3) is 0.462. The van der Waals surface area contributed by atoms with Crippen LogP contribution < -0.4 is 10.1 Å². The van der Waals surface area contributed by atoms with Crippen LogP contribution in [0.2, 0.25) is 0 Å². The number of nitrogens with one attached hydrogen (secondary N) is 1. The number of carbonyl (C=O) groups is 1. The molecular formula is C13H20N2O4S. The standard InChI is InChI=1S/C13H20N2O4S/c1-3-15(20(2,17)18)11-7-10-14-13(16)19-12-8-5-4-6-9-12/h4-6,8-9H,3,7,10-11H2,1-2H3,(H,14,16). The maximum atomic E-state index is 11.5. The molecule has 112 valence electrons. The molecule has 0 fully saturated rings. The molecule has 1 aromatic rings. The molecule has 0 aliphatic carbocycles. The van der Waals surface area contributed by atoms with E-state index in [0.29, 0.717) is 31.8 Å². The Labute approximate surface area is 119 Å². The van der Waals surface area contributed by atoms with Crippen LogP contribution in [0.15, 0.2) is 30.3 Å². The number of carbonyl (C=O) groups excluding carboxylic acids is 1. The average Bonchev–Trinajstić information content (AvgIpc) is 2.38.